The van der Waals surface area contributed by atoms with Crippen molar-refractivity contribution in [3.05, 3.63) is 12.7 Å². The highest BCUT2D eigenvalue weighted by molar-refractivity contribution is 8.03. The SMILES string of the molecule is C=CC(=O)NC(C)CC(S(=O)(=O)O)S(=O)(=O)O. The molecule has 17 heavy (non-hydrogen) atoms. The van der Waals surface area contributed by atoms with Crippen molar-refractivity contribution in [3.8, 4) is 0 Å². The van der Waals surface area contributed by atoms with Crippen LogP contribution in [0.25, 0.3) is 0 Å². The summed E-state index contributed by atoms with van der Waals surface area (Å²) < 4.78 is 57.9. The zero-order valence-electron chi connectivity index (χ0n) is 8.90. The minimum atomic E-state index is -4.98. The monoisotopic (exact) mass is 287 g/mol. The second-order valence-corrected chi connectivity index (χ2v) is 6.81. The number of rotatable bonds is 6. The Morgan fingerprint density at radius 3 is 2.00 bits per heavy atom. The first-order chi connectivity index (χ1) is 7.48. The van der Waals surface area contributed by atoms with Crippen molar-refractivity contribution in [2.45, 2.75) is 24.0 Å². The standard InChI is InChI=1S/C7H13NO7S2/c1-3-6(9)8-5(2)4-7(16(10,11)12)17(13,14)15/h3,5,7H,1,4H2,2H3,(H,8,9)(H,10,11,12)(H,13,14,15). The average Bonchev–Trinajstić information content (AvgIpc) is 2.10. The third kappa shape index (κ3) is 5.77. The molecule has 1 atom stereocenters. The molecular formula is C7H13NO7S2. The fourth-order valence-electron chi connectivity index (χ4n) is 1.05. The van der Waals surface area contributed by atoms with Gasteiger partial charge in [0.05, 0.1) is 0 Å². The maximum absolute atomic E-state index is 10.9. The number of nitrogens with one attached hydrogen (secondary N) is 1. The second kappa shape index (κ2) is 5.58. The van der Waals surface area contributed by atoms with Gasteiger partial charge >= 0.3 is 0 Å². The topological polar surface area (TPSA) is 138 Å². The summed E-state index contributed by atoms with van der Waals surface area (Å²) in [4.78, 5) is 10.9. The van der Waals surface area contributed by atoms with Gasteiger partial charge in [-0.05, 0) is 13.0 Å². The molecule has 0 fully saturated rings. The Bertz CT molecular complexity index is 460. The fourth-order valence-corrected chi connectivity index (χ4v) is 3.34. The van der Waals surface area contributed by atoms with E-state index in [4.69, 9.17) is 9.11 Å². The Morgan fingerprint density at radius 1 is 1.29 bits per heavy atom. The van der Waals surface area contributed by atoms with E-state index >= 15 is 0 Å². The molecule has 0 spiro atoms. The molecular weight excluding hydrogens is 274 g/mol. The van der Waals surface area contributed by atoms with Crippen LogP contribution in [0.15, 0.2) is 12.7 Å². The summed E-state index contributed by atoms with van der Waals surface area (Å²) in [5.41, 5.74) is 0. The summed E-state index contributed by atoms with van der Waals surface area (Å²) >= 11 is 0. The van der Waals surface area contributed by atoms with Gasteiger partial charge < -0.3 is 5.32 Å². The van der Waals surface area contributed by atoms with Gasteiger partial charge in [0, 0.05) is 12.5 Å². The van der Waals surface area contributed by atoms with Crippen LogP contribution in [0.5, 0.6) is 0 Å². The van der Waals surface area contributed by atoms with Gasteiger partial charge in [-0.2, -0.15) is 16.8 Å². The van der Waals surface area contributed by atoms with Gasteiger partial charge in [-0.15, -0.1) is 0 Å². The molecule has 0 saturated heterocycles. The van der Waals surface area contributed by atoms with Gasteiger partial charge in [-0.1, -0.05) is 6.58 Å². The molecule has 100 valence electrons. The van der Waals surface area contributed by atoms with Gasteiger partial charge in [-0.3, -0.25) is 13.9 Å². The molecule has 0 aliphatic rings. The smallest absolute Gasteiger partial charge is 0.284 e. The molecule has 10 heteroatoms. The normalized spacial score (nSPS) is 14.4. The predicted molar refractivity (Wildman–Crippen MR) is 59.3 cm³/mol. The molecule has 0 aromatic carbocycles. The van der Waals surface area contributed by atoms with Crippen LogP contribution in [0.3, 0.4) is 0 Å². The first-order valence-electron chi connectivity index (χ1n) is 4.34. The summed E-state index contributed by atoms with van der Waals surface area (Å²) in [5, 5.41) is 2.20. The van der Waals surface area contributed by atoms with Gasteiger partial charge in [0.25, 0.3) is 20.2 Å². The quantitative estimate of drug-likeness (QED) is 0.428. The number of hydrogen-bond donors (Lipinski definition) is 3. The van der Waals surface area contributed by atoms with E-state index in [1.807, 2.05) is 0 Å². The van der Waals surface area contributed by atoms with E-state index in [0.717, 1.165) is 6.08 Å². The van der Waals surface area contributed by atoms with Crippen molar-refractivity contribution >= 4 is 26.1 Å². The fraction of sp³-hybridized carbons (Fsp3) is 0.571. The van der Waals surface area contributed by atoms with Crippen LogP contribution in [0.2, 0.25) is 0 Å². The van der Waals surface area contributed by atoms with Crippen LogP contribution in [-0.2, 0) is 25.0 Å². The molecule has 0 aromatic rings. The number of hydrogen-bond acceptors (Lipinski definition) is 5. The van der Waals surface area contributed by atoms with E-state index in [0.29, 0.717) is 0 Å². The Morgan fingerprint density at radius 2 is 1.71 bits per heavy atom. The molecule has 3 N–H and O–H groups in total. The zero-order valence-corrected chi connectivity index (χ0v) is 10.5. The molecule has 0 aliphatic heterocycles. The van der Waals surface area contributed by atoms with Crippen molar-refractivity contribution < 1.29 is 30.7 Å². The lowest BCUT2D eigenvalue weighted by Gasteiger charge is -2.16. The van der Waals surface area contributed by atoms with Gasteiger partial charge in [0.1, 0.15) is 0 Å². The highest BCUT2D eigenvalue weighted by Gasteiger charge is 2.36. The summed E-state index contributed by atoms with van der Waals surface area (Å²) in [5.74, 6) is -0.637. The van der Waals surface area contributed by atoms with Crippen molar-refractivity contribution in [2.24, 2.45) is 0 Å². The summed E-state index contributed by atoms with van der Waals surface area (Å²) in [7, 11) is -9.95. The van der Waals surface area contributed by atoms with Gasteiger partial charge in [0.15, 0.2) is 0 Å². The lowest BCUT2D eigenvalue weighted by atomic mass is 10.2. The first kappa shape index (κ1) is 16.0. The lowest BCUT2D eigenvalue weighted by Crippen LogP contribution is -2.39. The Balaban J connectivity index is 4.93. The molecule has 0 aliphatic carbocycles. The van der Waals surface area contributed by atoms with E-state index in [2.05, 4.69) is 11.9 Å². The summed E-state index contributed by atoms with van der Waals surface area (Å²) in [6, 6.07) is -0.894. The number of carbonyl (C=O) groups is 1. The van der Waals surface area contributed by atoms with Crippen LogP contribution < -0.4 is 5.32 Å². The molecule has 0 bridgehead atoms. The van der Waals surface area contributed by atoms with Gasteiger partial charge in [0.2, 0.25) is 10.5 Å². The minimum absolute atomic E-state index is 0.637. The average molecular weight is 287 g/mol. The van der Waals surface area contributed by atoms with Crippen molar-refractivity contribution in [2.75, 3.05) is 0 Å². The Labute approximate surface area is 99.2 Å². The molecule has 8 nitrogen and oxygen atoms in total. The highest BCUT2D eigenvalue weighted by Crippen LogP contribution is 2.13. The molecule has 0 heterocycles. The van der Waals surface area contributed by atoms with Crippen molar-refractivity contribution in [3.63, 3.8) is 0 Å². The van der Waals surface area contributed by atoms with Crippen molar-refractivity contribution in [1.82, 2.24) is 5.32 Å². The molecule has 1 amide bonds. The van der Waals surface area contributed by atoms with E-state index in [-0.39, 0.29) is 0 Å². The van der Waals surface area contributed by atoms with E-state index in [1.165, 1.54) is 6.92 Å². The minimum Gasteiger partial charge on any atom is -0.350 e. The van der Waals surface area contributed by atoms with Crippen LogP contribution in [-0.4, -0.2) is 42.5 Å². The number of amides is 1. The zero-order chi connectivity index (χ0) is 13.9. The van der Waals surface area contributed by atoms with Crippen molar-refractivity contribution in [1.29, 1.82) is 0 Å². The Hall–Kier alpha value is -0.970. The summed E-state index contributed by atoms with van der Waals surface area (Å²) in [6.07, 6.45) is 0.226. The van der Waals surface area contributed by atoms with Gasteiger partial charge in [-0.25, -0.2) is 0 Å². The molecule has 0 rings (SSSR count). The van der Waals surface area contributed by atoms with E-state index in [1.54, 1.807) is 0 Å². The van der Waals surface area contributed by atoms with E-state index < -0.39 is 43.2 Å². The molecule has 0 saturated carbocycles. The third-order valence-corrected chi connectivity index (χ3v) is 4.96. The largest absolute Gasteiger partial charge is 0.350 e. The second-order valence-electron chi connectivity index (χ2n) is 3.31. The molecule has 0 aromatic heterocycles. The first-order valence-corrected chi connectivity index (χ1v) is 7.34. The maximum atomic E-state index is 10.9. The Kier molecular flexibility index (Phi) is 5.26. The van der Waals surface area contributed by atoms with E-state index in [9.17, 15) is 21.6 Å². The molecule has 1 unspecified atom stereocenters. The van der Waals surface area contributed by atoms with Crippen LogP contribution in [0.4, 0.5) is 0 Å². The van der Waals surface area contributed by atoms with Crippen LogP contribution in [0, 0.1) is 0 Å². The maximum Gasteiger partial charge on any atom is 0.284 e. The lowest BCUT2D eigenvalue weighted by molar-refractivity contribution is -0.117. The summed E-state index contributed by atoms with van der Waals surface area (Å²) in [6.45, 7) is 4.45. The highest BCUT2D eigenvalue weighted by atomic mass is 32.3. The van der Waals surface area contributed by atoms with Crippen LogP contribution in [0.1, 0.15) is 13.3 Å². The molecule has 0 radical (unpaired) electrons. The third-order valence-electron chi connectivity index (χ3n) is 1.78. The predicted octanol–water partition coefficient (Wildman–Crippen LogP) is -0.831. The van der Waals surface area contributed by atoms with Crippen LogP contribution >= 0.6 is 0 Å². The number of carbonyl (C=O) groups excluding carboxylic acids is 1.